The van der Waals surface area contributed by atoms with Gasteiger partial charge >= 0.3 is 5.69 Å². The Hall–Kier alpha value is -1.69. The Bertz CT molecular complexity index is 460. The van der Waals surface area contributed by atoms with Crippen molar-refractivity contribution in [3.8, 4) is 6.07 Å². The van der Waals surface area contributed by atoms with E-state index in [1.807, 2.05) is 0 Å². The molecule has 7 nitrogen and oxygen atoms in total. The number of nitrogens with zero attached hydrogens (tertiary/aromatic N) is 3. The standard InChI is InChI=1S/C9H9N3O4S/c10-3-6-1-2-11-9(8(6)12(15)16)17-5-7(14)4-13/h1-2,7,13-14H,4-5H2. The normalized spacial score (nSPS) is 11.8. The van der Waals surface area contributed by atoms with Gasteiger partial charge in [0.05, 0.1) is 17.6 Å². The molecule has 1 aromatic heterocycles. The predicted molar refractivity (Wildman–Crippen MR) is 59.4 cm³/mol. The molecule has 0 radical (unpaired) electrons. The van der Waals surface area contributed by atoms with Crippen LogP contribution in [-0.2, 0) is 0 Å². The molecule has 1 heterocycles. The van der Waals surface area contributed by atoms with Crippen molar-refractivity contribution in [3.05, 3.63) is 27.9 Å². The number of aliphatic hydroxyl groups is 2. The summed E-state index contributed by atoms with van der Waals surface area (Å²) in [5.74, 6) is 0.0687. The fourth-order valence-electron chi connectivity index (χ4n) is 1.03. The van der Waals surface area contributed by atoms with Crippen LogP contribution in [0.2, 0.25) is 0 Å². The van der Waals surface area contributed by atoms with Gasteiger partial charge in [-0.3, -0.25) is 10.1 Å². The van der Waals surface area contributed by atoms with Crippen LogP contribution in [0.4, 0.5) is 5.69 Å². The number of hydrogen-bond donors (Lipinski definition) is 2. The van der Waals surface area contributed by atoms with E-state index in [2.05, 4.69) is 4.98 Å². The second-order valence-electron chi connectivity index (χ2n) is 3.03. The van der Waals surface area contributed by atoms with Crippen molar-refractivity contribution in [2.24, 2.45) is 0 Å². The summed E-state index contributed by atoms with van der Waals surface area (Å²) in [6.45, 7) is -0.432. The minimum Gasteiger partial charge on any atom is -0.394 e. The van der Waals surface area contributed by atoms with E-state index in [0.29, 0.717) is 0 Å². The molecule has 1 aromatic rings. The van der Waals surface area contributed by atoms with E-state index in [0.717, 1.165) is 11.8 Å². The molecule has 0 saturated carbocycles. The number of thioether (sulfide) groups is 1. The van der Waals surface area contributed by atoms with Crippen LogP contribution in [0.15, 0.2) is 17.3 Å². The fraction of sp³-hybridized carbons (Fsp3) is 0.333. The van der Waals surface area contributed by atoms with E-state index in [1.54, 1.807) is 6.07 Å². The van der Waals surface area contributed by atoms with Gasteiger partial charge in [0.2, 0.25) is 0 Å². The van der Waals surface area contributed by atoms with Crippen molar-refractivity contribution in [1.29, 1.82) is 5.26 Å². The van der Waals surface area contributed by atoms with Crippen molar-refractivity contribution in [3.63, 3.8) is 0 Å². The maximum absolute atomic E-state index is 10.8. The highest BCUT2D eigenvalue weighted by Gasteiger charge is 2.21. The van der Waals surface area contributed by atoms with E-state index >= 15 is 0 Å². The molecule has 1 unspecified atom stereocenters. The summed E-state index contributed by atoms with van der Waals surface area (Å²) < 4.78 is 0. The number of nitro groups is 1. The first-order chi connectivity index (χ1) is 8.10. The van der Waals surface area contributed by atoms with Crippen molar-refractivity contribution >= 4 is 17.4 Å². The lowest BCUT2D eigenvalue weighted by atomic mass is 10.2. The molecular weight excluding hydrogens is 246 g/mol. The van der Waals surface area contributed by atoms with Gasteiger partial charge in [0.1, 0.15) is 11.6 Å². The van der Waals surface area contributed by atoms with Crippen molar-refractivity contribution in [1.82, 2.24) is 4.98 Å². The predicted octanol–water partition coefficient (Wildman–Crippen LogP) is 0.307. The Morgan fingerprint density at radius 2 is 2.41 bits per heavy atom. The lowest BCUT2D eigenvalue weighted by molar-refractivity contribution is -0.388. The summed E-state index contributed by atoms with van der Waals surface area (Å²) in [6.07, 6.45) is 0.311. The van der Waals surface area contributed by atoms with E-state index in [9.17, 15) is 10.1 Å². The summed E-state index contributed by atoms with van der Waals surface area (Å²) in [5, 5.41) is 37.4. The number of nitriles is 1. The van der Waals surface area contributed by atoms with Gasteiger partial charge in [-0.05, 0) is 6.07 Å². The van der Waals surface area contributed by atoms with Crippen LogP contribution in [0, 0.1) is 21.4 Å². The zero-order valence-electron chi connectivity index (χ0n) is 8.61. The Kier molecular flexibility index (Phi) is 4.84. The molecule has 0 aliphatic carbocycles. The van der Waals surface area contributed by atoms with Crippen molar-refractivity contribution in [2.45, 2.75) is 11.1 Å². The molecule has 0 fully saturated rings. The van der Waals surface area contributed by atoms with Gasteiger partial charge in [-0.15, -0.1) is 0 Å². The lowest BCUT2D eigenvalue weighted by Gasteiger charge is -2.06. The summed E-state index contributed by atoms with van der Waals surface area (Å²) in [6, 6.07) is 2.97. The first kappa shape index (κ1) is 13.4. The zero-order valence-corrected chi connectivity index (χ0v) is 9.42. The van der Waals surface area contributed by atoms with Gasteiger partial charge in [-0.2, -0.15) is 5.26 Å². The minimum absolute atomic E-state index is 0.0570. The third-order valence-electron chi connectivity index (χ3n) is 1.82. The van der Waals surface area contributed by atoms with Gasteiger partial charge in [-0.25, -0.2) is 4.98 Å². The third kappa shape index (κ3) is 3.39. The van der Waals surface area contributed by atoms with Gasteiger partial charge in [0.25, 0.3) is 0 Å². The van der Waals surface area contributed by atoms with Crippen LogP contribution in [0.3, 0.4) is 0 Å². The highest BCUT2D eigenvalue weighted by atomic mass is 32.2. The first-order valence-electron chi connectivity index (χ1n) is 4.55. The summed E-state index contributed by atoms with van der Waals surface area (Å²) in [4.78, 5) is 13.9. The molecule has 0 aromatic carbocycles. The molecule has 0 amide bonds. The van der Waals surface area contributed by atoms with Gasteiger partial charge in [0.15, 0.2) is 5.03 Å². The third-order valence-corrected chi connectivity index (χ3v) is 2.94. The molecule has 0 aliphatic rings. The maximum Gasteiger partial charge on any atom is 0.318 e. The molecule has 17 heavy (non-hydrogen) atoms. The Morgan fingerprint density at radius 1 is 1.71 bits per heavy atom. The molecule has 0 saturated heterocycles. The molecule has 1 rings (SSSR count). The van der Waals surface area contributed by atoms with Crippen LogP contribution in [0.1, 0.15) is 5.56 Å². The molecule has 90 valence electrons. The number of aliphatic hydroxyl groups excluding tert-OH is 2. The van der Waals surface area contributed by atoms with E-state index < -0.39 is 17.6 Å². The van der Waals surface area contributed by atoms with E-state index in [4.69, 9.17) is 15.5 Å². The monoisotopic (exact) mass is 255 g/mol. The highest BCUT2D eigenvalue weighted by molar-refractivity contribution is 7.99. The zero-order chi connectivity index (χ0) is 12.8. The second-order valence-corrected chi connectivity index (χ2v) is 4.04. The number of pyridine rings is 1. The smallest absolute Gasteiger partial charge is 0.318 e. The quantitative estimate of drug-likeness (QED) is 0.441. The SMILES string of the molecule is N#Cc1ccnc(SCC(O)CO)c1[N+](=O)[O-]. The van der Waals surface area contributed by atoms with Crippen LogP contribution >= 0.6 is 11.8 Å². The maximum atomic E-state index is 10.8. The van der Waals surface area contributed by atoms with Gasteiger partial charge in [0, 0.05) is 11.9 Å². The number of aromatic nitrogens is 1. The fourth-order valence-corrected chi connectivity index (χ4v) is 1.95. The molecular formula is C9H9N3O4S. The van der Waals surface area contributed by atoms with Gasteiger partial charge in [-0.1, -0.05) is 11.8 Å². The molecule has 1 atom stereocenters. The molecule has 8 heteroatoms. The summed E-state index contributed by atoms with van der Waals surface area (Å²) in [5.41, 5.74) is -0.448. The molecule has 0 spiro atoms. The average molecular weight is 255 g/mol. The second kappa shape index (κ2) is 6.15. The van der Waals surface area contributed by atoms with Crippen molar-refractivity contribution < 1.29 is 15.1 Å². The number of rotatable bonds is 5. The first-order valence-corrected chi connectivity index (χ1v) is 5.54. The van der Waals surface area contributed by atoms with Crippen molar-refractivity contribution in [2.75, 3.05) is 12.4 Å². The largest absolute Gasteiger partial charge is 0.394 e. The Morgan fingerprint density at radius 3 is 2.94 bits per heavy atom. The summed E-state index contributed by atoms with van der Waals surface area (Å²) >= 11 is 0.924. The number of hydrogen-bond acceptors (Lipinski definition) is 7. The minimum atomic E-state index is -0.979. The highest BCUT2D eigenvalue weighted by Crippen LogP contribution is 2.29. The van der Waals surface area contributed by atoms with Crippen LogP contribution < -0.4 is 0 Å². The van der Waals surface area contributed by atoms with Crippen LogP contribution in [-0.4, -0.2) is 38.6 Å². The van der Waals surface area contributed by atoms with E-state index in [1.165, 1.54) is 12.3 Å². The van der Waals surface area contributed by atoms with Gasteiger partial charge < -0.3 is 10.2 Å². The average Bonchev–Trinajstić information content (AvgIpc) is 2.34. The lowest BCUT2D eigenvalue weighted by Crippen LogP contribution is -2.14. The Balaban J connectivity index is 2.99. The van der Waals surface area contributed by atoms with Crippen LogP contribution in [0.5, 0.6) is 0 Å². The van der Waals surface area contributed by atoms with Crippen LogP contribution in [0.25, 0.3) is 0 Å². The Labute approximate surface area is 101 Å². The molecule has 2 N–H and O–H groups in total. The summed E-state index contributed by atoms with van der Waals surface area (Å²) in [7, 11) is 0. The van der Waals surface area contributed by atoms with E-state index in [-0.39, 0.29) is 22.0 Å². The molecule has 0 bridgehead atoms. The molecule has 0 aliphatic heterocycles. The topological polar surface area (TPSA) is 120 Å².